The van der Waals surface area contributed by atoms with Crippen molar-refractivity contribution < 1.29 is 14.3 Å². The van der Waals surface area contributed by atoms with Gasteiger partial charge in [0, 0.05) is 53.4 Å². The van der Waals surface area contributed by atoms with Gasteiger partial charge in [-0.05, 0) is 46.5 Å². The number of nitrogens with zero attached hydrogens (tertiary/aromatic N) is 4. The Morgan fingerprint density at radius 2 is 2.00 bits per heavy atom. The van der Waals surface area contributed by atoms with Crippen molar-refractivity contribution in [3.63, 3.8) is 0 Å². The van der Waals surface area contributed by atoms with Crippen molar-refractivity contribution in [3.8, 4) is 0 Å². The quantitative estimate of drug-likeness (QED) is 0.435. The number of carbonyl (C=O) groups excluding carboxylic acids is 2. The summed E-state index contributed by atoms with van der Waals surface area (Å²) >= 11 is 2.12. The molecule has 0 aromatic carbocycles. The van der Waals surface area contributed by atoms with Crippen LogP contribution in [0.25, 0.3) is 0 Å². The van der Waals surface area contributed by atoms with Crippen LogP contribution in [-0.4, -0.2) is 50.6 Å². The molecule has 1 aromatic rings. The fourth-order valence-electron chi connectivity index (χ4n) is 4.87. The molecule has 3 aliphatic rings. The molecule has 3 heterocycles. The smallest absolute Gasteiger partial charge is 0.417 e. The number of fused-ring (bicyclic) bond motifs is 1. The highest BCUT2D eigenvalue weighted by Gasteiger charge is 2.57. The van der Waals surface area contributed by atoms with E-state index in [0.717, 1.165) is 37.1 Å². The fraction of sp³-hybridized carbons (Fsp3) is 0.700. The van der Waals surface area contributed by atoms with Gasteiger partial charge in [0.15, 0.2) is 3.83 Å². The van der Waals surface area contributed by atoms with Crippen LogP contribution in [0.1, 0.15) is 64.9 Å². The van der Waals surface area contributed by atoms with Crippen molar-refractivity contribution in [2.75, 3.05) is 11.4 Å². The van der Waals surface area contributed by atoms with E-state index in [9.17, 15) is 9.59 Å². The summed E-state index contributed by atoms with van der Waals surface area (Å²) in [6, 6.07) is 0.287. The first kappa shape index (κ1) is 19.8. The van der Waals surface area contributed by atoms with Gasteiger partial charge in [-0.2, -0.15) is 0 Å². The van der Waals surface area contributed by atoms with Gasteiger partial charge in [0.1, 0.15) is 17.0 Å². The van der Waals surface area contributed by atoms with Crippen LogP contribution < -0.4 is 4.90 Å². The van der Waals surface area contributed by atoms with E-state index in [1.165, 1.54) is 17.7 Å². The van der Waals surface area contributed by atoms with Crippen LogP contribution in [0, 0.1) is 3.83 Å². The zero-order valence-electron chi connectivity index (χ0n) is 16.7. The number of ether oxygens (including phenoxy) is 1. The number of hydrogen-bond donors (Lipinski definition) is 0. The van der Waals surface area contributed by atoms with E-state index in [4.69, 9.17) is 9.72 Å². The van der Waals surface area contributed by atoms with Crippen molar-refractivity contribution in [2.45, 2.75) is 82.9 Å². The predicted molar refractivity (Wildman–Crippen MR) is 113 cm³/mol. The molecule has 2 aliphatic heterocycles. The second-order valence-corrected chi connectivity index (χ2v) is 10.0. The minimum Gasteiger partial charge on any atom is -0.443 e. The number of halogens is 1. The van der Waals surface area contributed by atoms with Crippen LogP contribution in [0.4, 0.5) is 10.6 Å². The standard InChI is InChI=1S/C20H27IN4O3/c1-19(2,3)28-18(27)24-10-6-9-20(16(24)26)11-13-12-22-17(21)23-15(13)25(20)14-7-4-5-8-14/h12,14H,4-11H2,1-3H3. The molecule has 2 amide bonds. The van der Waals surface area contributed by atoms with E-state index in [2.05, 4.69) is 32.5 Å². The fourth-order valence-corrected chi connectivity index (χ4v) is 5.23. The number of piperidine rings is 1. The van der Waals surface area contributed by atoms with Crippen LogP contribution in [0.5, 0.6) is 0 Å². The normalized spacial score (nSPS) is 25.5. The van der Waals surface area contributed by atoms with Gasteiger partial charge in [-0.15, -0.1) is 0 Å². The first-order valence-corrected chi connectivity index (χ1v) is 11.1. The van der Waals surface area contributed by atoms with Crippen LogP contribution in [-0.2, 0) is 16.0 Å². The molecule has 1 saturated carbocycles. The molecule has 1 atom stereocenters. The van der Waals surface area contributed by atoms with Gasteiger partial charge in [0.25, 0.3) is 5.91 Å². The maximum Gasteiger partial charge on any atom is 0.417 e. The van der Waals surface area contributed by atoms with Crippen LogP contribution >= 0.6 is 22.6 Å². The summed E-state index contributed by atoms with van der Waals surface area (Å²) in [5.74, 6) is 0.735. The van der Waals surface area contributed by atoms with E-state index < -0.39 is 17.2 Å². The maximum atomic E-state index is 13.7. The molecule has 1 aliphatic carbocycles. The Balaban J connectivity index is 1.72. The molecule has 1 aromatic heterocycles. The minimum absolute atomic E-state index is 0.145. The van der Waals surface area contributed by atoms with Crippen LogP contribution in [0.3, 0.4) is 0 Å². The second-order valence-electron chi connectivity index (χ2n) is 9.05. The molecular weight excluding hydrogens is 471 g/mol. The first-order chi connectivity index (χ1) is 13.2. The van der Waals surface area contributed by atoms with Gasteiger partial charge in [-0.1, -0.05) is 12.8 Å². The average Bonchev–Trinajstić information content (AvgIpc) is 3.21. The van der Waals surface area contributed by atoms with Gasteiger partial charge >= 0.3 is 6.09 Å². The largest absolute Gasteiger partial charge is 0.443 e. The Morgan fingerprint density at radius 3 is 2.68 bits per heavy atom. The number of anilines is 1. The van der Waals surface area contributed by atoms with E-state index in [-0.39, 0.29) is 11.9 Å². The molecule has 0 bridgehead atoms. The monoisotopic (exact) mass is 498 g/mol. The molecule has 1 spiro atoms. The third-order valence-corrected chi connectivity index (χ3v) is 6.42. The van der Waals surface area contributed by atoms with E-state index in [1.54, 1.807) is 0 Å². The molecule has 152 valence electrons. The molecule has 8 heteroatoms. The summed E-state index contributed by atoms with van der Waals surface area (Å²) in [5, 5.41) is 0. The zero-order valence-corrected chi connectivity index (χ0v) is 18.9. The molecule has 0 radical (unpaired) electrons. The molecular formula is C20H27IN4O3. The lowest BCUT2D eigenvalue weighted by molar-refractivity contribution is -0.139. The number of aromatic nitrogens is 2. The SMILES string of the molecule is CC(C)(C)OC(=O)N1CCCC2(Cc3cnc(I)nc3N2C2CCCC2)C1=O. The van der Waals surface area contributed by atoms with Gasteiger partial charge < -0.3 is 9.64 Å². The lowest BCUT2D eigenvalue weighted by Gasteiger charge is -2.47. The summed E-state index contributed by atoms with van der Waals surface area (Å²) in [5.41, 5.74) is -0.370. The third kappa shape index (κ3) is 3.37. The van der Waals surface area contributed by atoms with Gasteiger partial charge in [0.05, 0.1) is 0 Å². The lowest BCUT2D eigenvalue weighted by atomic mass is 9.83. The van der Waals surface area contributed by atoms with Crippen molar-refractivity contribution in [2.24, 2.45) is 0 Å². The third-order valence-electron chi connectivity index (χ3n) is 5.90. The first-order valence-electron chi connectivity index (χ1n) is 10.1. The van der Waals surface area contributed by atoms with Crippen molar-refractivity contribution in [1.82, 2.24) is 14.9 Å². The summed E-state index contributed by atoms with van der Waals surface area (Å²) in [6.07, 6.45) is 7.82. The highest BCUT2D eigenvalue weighted by molar-refractivity contribution is 14.1. The lowest BCUT2D eigenvalue weighted by Crippen LogP contribution is -2.65. The number of hydrogen-bond acceptors (Lipinski definition) is 6. The Morgan fingerprint density at radius 1 is 1.29 bits per heavy atom. The summed E-state index contributed by atoms with van der Waals surface area (Å²) in [7, 11) is 0. The Labute approximate surface area is 179 Å². The Hall–Kier alpha value is -1.45. The number of carbonyl (C=O) groups is 2. The van der Waals surface area contributed by atoms with Gasteiger partial charge in [-0.3, -0.25) is 4.79 Å². The topological polar surface area (TPSA) is 75.6 Å². The van der Waals surface area contributed by atoms with Gasteiger partial charge in [-0.25, -0.2) is 19.7 Å². The predicted octanol–water partition coefficient (Wildman–Crippen LogP) is 3.68. The average molecular weight is 498 g/mol. The number of imide groups is 1. The summed E-state index contributed by atoms with van der Waals surface area (Å²) in [4.78, 5) is 39.1. The van der Waals surface area contributed by atoms with Crippen molar-refractivity contribution in [3.05, 3.63) is 15.6 Å². The number of amides is 2. The molecule has 1 unspecified atom stereocenters. The second kappa shape index (κ2) is 7.11. The molecule has 28 heavy (non-hydrogen) atoms. The highest BCUT2D eigenvalue weighted by atomic mass is 127. The van der Waals surface area contributed by atoms with Crippen molar-refractivity contribution in [1.29, 1.82) is 0 Å². The Bertz CT molecular complexity index is 803. The van der Waals surface area contributed by atoms with E-state index >= 15 is 0 Å². The van der Waals surface area contributed by atoms with Crippen molar-refractivity contribution >= 4 is 40.4 Å². The zero-order chi connectivity index (χ0) is 20.1. The highest BCUT2D eigenvalue weighted by Crippen LogP contribution is 2.47. The van der Waals surface area contributed by atoms with Crippen LogP contribution in [0.2, 0.25) is 0 Å². The van der Waals surface area contributed by atoms with Crippen LogP contribution in [0.15, 0.2) is 6.20 Å². The molecule has 2 fully saturated rings. The molecule has 0 N–H and O–H groups in total. The van der Waals surface area contributed by atoms with E-state index in [0.29, 0.717) is 16.8 Å². The summed E-state index contributed by atoms with van der Waals surface area (Å²) in [6.45, 7) is 5.88. The minimum atomic E-state index is -0.744. The Kier molecular flexibility index (Phi) is 5.04. The molecule has 7 nitrogen and oxygen atoms in total. The number of likely N-dealkylation sites (tertiary alicyclic amines) is 1. The summed E-state index contributed by atoms with van der Waals surface area (Å²) < 4.78 is 6.21. The van der Waals surface area contributed by atoms with E-state index in [1.807, 2.05) is 27.0 Å². The van der Waals surface area contributed by atoms with Gasteiger partial charge in [0.2, 0.25) is 0 Å². The molecule has 4 rings (SSSR count). The maximum absolute atomic E-state index is 13.7. The number of rotatable bonds is 1. The molecule has 1 saturated heterocycles.